The lowest BCUT2D eigenvalue weighted by Crippen LogP contribution is -2.27. The minimum Gasteiger partial charge on any atom is -0.493 e. The van der Waals surface area contributed by atoms with Gasteiger partial charge in [-0.15, -0.1) is 0 Å². The molecule has 2 aromatic rings. The Kier molecular flexibility index (Phi) is 6.70. The number of hydrogen-bond donors (Lipinski definition) is 2. The van der Waals surface area contributed by atoms with Crippen LogP contribution in [-0.2, 0) is 11.4 Å². The molecule has 0 aromatic heterocycles. The Morgan fingerprint density at radius 1 is 1.35 bits per heavy atom. The molecule has 0 aliphatic rings. The first kappa shape index (κ1) is 19.4. The molecule has 0 atom stereocenters. The Morgan fingerprint density at radius 2 is 2.04 bits per heavy atom. The molecule has 8 nitrogen and oxygen atoms in total. The maximum absolute atomic E-state index is 11.2. The number of non-ortho nitro benzene ring substituents is 1. The summed E-state index contributed by atoms with van der Waals surface area (Å²) in [6.07, 6.45) is 2.87. The predicted octanol–water partition coefficient (Wildman–Crippen LogP) is 2.95. The maximum Gasteiger partial charge on any atom is 0.269 e. The van der Waals surface area contributed by atoms with Gasteiger partial charge in [0, 0.05) is 18.2 Å². The van der Waals surface area contributed by atoms with Crippen molar-refractivity contribution in [3.8, 4) is 11.5 Å². The molecule has 0 saturated carbocycles. The van der Waals surface area contributed by atoms with Crippen LogP contribution in [-0.4, -0.2) is 17.9 Å². The predicted molar refractivity (Wildman–Crippen MR) is 99.5 cm³/mol. The van der Waals surface area contributed by atoms with E-state index in [1.54, 1.807) is 30.3 Å². The van der Waals surface area contributed by atoms with Gasteiger partial charge in [0.1, 0.15) is 6.61 Å². The van der Waals surface area contributed by atoms with E-state index in [9.17, 15) is 14.9 Å². The van der Waals surface area contributed by atoms with Crippen LogP contribution in [0, 0.1) is 10.1 Å². The summed E-state index contributed by atoms with van der Waals surface area (Å²) in [7, 11) is 1.50. The van der Waals surface area contributed by atoms with Crippen LogP contribution in [0.3, 0.4) is 0 Å². The van der Waals surface area contributed by atoms with Crippen molar-refractivity contribution in [1.29, 1.82) is 0 Å². The van der Waals surface area contributed by atoms with Crippen LogP contribution in [0.5, 0.6) is 11.5 Å². The third-order valence-electron chi connectivity index (χ3n) is 3.35. The Hall–Kier alpha value is -2.91. The van der Waals surface area contributed by atoms with Crippen molar-refractivity contribution in [2.45, 2.75) is 6.61 Å². The minimum atomic E-state index is -0.457. The lowest BCUT2D eigenvalue weighted by atomic mass is 10.2. The quantitative estimate of drug-likeness (QED) is 0.233. The fraction of sp³-hybridized carbons (Fsp3) is 0.118. The topological polar surface area (TPSA) is 117 Å². The van der Waals surface area contributed by atoms with Crippen molar-refractivity contribution < 1.29 is 19.2 Å². The normalized spacial score (nSPS) is 10.6. The molecule has 0 radical (unpaired) electrons. The van der Waals surface area contributed by atoms with Crippen LogP contribution in [0.4, 0.5) is 5.69 Å². The van der Waals surface area contributed by atoms with E-state index in [-0.39, 0.29) is 12.3 Å². The smallest absolute Gasteiger partial charge is 0.269 e. The van der Waals surface area contributed by atoms with Gasteiger partial charge in [-0.1, -0.05) is 0 Å². The first-order chi connectivity index (χ1) is 12.4. The Morgan fingerprint density at radius 3 is 2.62 bits per heavy atom. The van der Waals surface area contributed by atoms with Crippen LogP contribution in [0.2, 0.25) is 0 Å². The van der Waals surface area contributed by atoms with Crippen molar-refractivity contribution in [3.05, 3.63) is 68.2 Å². The van der Waals surface area contributed by atoms with Crippen LogP contribution in [0.15, 0.2) is 46.9 Å². The van der Waals surface area contributed by atoms with Gasteiger partial charge in [-0.05, 0) is 57.4 Å². The minimum absolute atomic E-state index is 0.0187. The van der Waals surface area contributed by atoms with Gasteiger partial charge < -0.3 is 9.47 Å². The molecule has 0 unspecified atom stereocenters. The zero-order chi connectivity index (χ0) is 19.1. The molecular formula is C17H16BrN3O5. The number of carbonyl (C=O) groups is 1. The zero-order valence-corrected chi connectivity index (χ0v) is 15.4. The summed E-state index contributed by atoms with van der Waals surface area (Å²) in [5.74, 6) is 5.54. The second-order valence-corrected chi connectivity index (χ2v) is 5.94. The molecule has 2 rings (SSSR count). The molecule has 0 bridgehead atoms. The summed E-state index contributed by atoms with van der Waals surface area (Å²) in [5, 5.41) is 10.7. The summed E-state index contributed by atoms with van der Waals surface area (Å²) in [6.45, 7) is 0.206. The summed E-state index contributed by atoms with van der Waals surface area (Å²) >= 11 is 3.41. The van der Waals surface area contributed by atoms with Gasteiger partial charge in [-0.2, -0.15) is 0 Å². The number of methoxy groups -OCH3 is 1. The highest BCUT2D eigenvalue weighted by molar-refractivity contribution is 9.10. The van der Waals surface area contributed by atoms with Gasteiger partial charge in [0.15, 0.2) is 11.5 Å². The van der Waals surface area contributed by atoms with Crippen LogP contribution in [0.1, 0.15) is 11.1 Å². The van der Waals surface area contributed by atoms with Crippen molar-refractivity contribution in [3.63, 3.8) is 0 Å². The van der Waals surface area contributed by atoms with Gasteiger partial charge in [-0.25, -0.2) is 5.84 Å². The second-order valence-electron chi connectivity index (χ2n) is 5.09. The number of rotatable bonds is 7. The number of nitrogens with one attached hydrogen (secondary N) is 1. The van der Waals surface area contributed by atoms with E-state index in [0.717, 1.165) is 5.56 Å². The molecule has 1 amide bonds. The molecule has 2 aromatic carbocycles. The van der Waals surface area contributed by atoms with E-state index < -0.39 is 10.8 Å². The first-order valence-electron chi connectivity index (χ1n) is 7.37. The van der Waals surface area contributed by atoms with E-state index in [1.165, 1.54) is 25.3 Å². The van der Waals surface area contributed by atoms with Crippen LogP contribution < -0.4 is 20.7 Å². The number of ether oxygens (including phenoxy) is 2. The standard InChI is InChI=1S/C17H16BrN3O5/c1-25-15-9-12(4-7-16(22)20-19)8-14(18)17(15)26-10-11-2-5-13(6-3-11)21(23)24/h2-9H,10,19H2,1H3,(H,20,22)/b7-4+. The number of halogens is 1. The molecule has 3 N–H and O–H groups in total. The third-order valence-corrected chi connectivity index (χ3v) is 3.94. The number of hydrogen-bond acceptors (Lipinski definition) is 6. The molecule has 9 heteroatoms. The van der Waals surface area contributed by atoms with Crippen molar-refractivity contribution in [2.24, 2.45) is 5.84 Å². The number of benzene rings is 2. The van der Waals surface area contributed by atoms with Gasteiger partial charge in [0.05, 0.1) is 16.5 Å². The summed E-state index contributed by atoms with van der Waals surface area (Å²) in [6, 6.07) is 9.55. The molecule has 0 spiro atoms. The Balaban J connectivity index is 2.17. The van der Waals surface area contributed by atoms with E-state index in [1.807, 2.05) is 5.43 Å². The number of nitro groups is 1. The highest BCUT2D eigenvalue weighted by Crippen LogP contribution is 2.37. The largest absolute Gasteiger partial charge is 0.493 e. The fourth-order valence-electron chi connectivity index (χ4n) is 2.07. The summed E-state index contributed by atoms with van der Waals surface area (Å²) in [5.41, 5.74) is 3.50. The average Bonchev–Trinajstić information content (AvgIpc) is 2.64. The average molecular weight is 422 g/mol. The summed E-state index contributed by atoms with van der Waals surface area (Å²) in [4.78, 5) is 21.4. The van der Waals surface area contributed by atoms with E-state index in [2.05, 4.69) is 15.9 Å². The van der Waals surface area contributed by atoms with Gasteiger partial charge in [-0.3, -0.25) is 20.3 Å². The molecule has 0 saturated heterocycles. The molecular weight excluding hydrogens is 406 g/mol. The molecule has 0 heterocycles. The number of nitrogens with two attached hydrogens (primary N) is 1. The van der Waals surface area contributed by atoms with Crippen molar-refractivity contribution in [2.75, 3.05) is 7.11 Å². The van der Waals surface area contributed by atoms with Crippen LogP contribution >= 0.6 is 15.9 Å². The van der Waals surface area contributed by atoms with Gasteiger partial charge in [0.25, 0.3) is 11.6 Å². The van der Waals surface area contributed by atoms with Gasteiger partial charge in [0.2, 0.25) is 0 Å². The summed E-state index contributed by atoms with van der Waals surface area (Å²) < 4.78 is 11.7. The molecule has 0 aliphatic heterocycles. The van der Waals surface area contributed by atoms with Crippen molar-refractivity contribution in [1.82, 2.24) is 5.43 Å². The molecule has 136 valence electrons. The maximum atomic E-state index is 11.2. The van der Waals surface area contributed by atoms with Crippen LogP contribution in [0.25, 0.3) is 6.08 Å². The Labute approximate surface area is 157 Å². The van der Waals surface area contributed by atoms with Gasteiger partial charge >= 0.3 is 0 Å². The second kappa shape index (κ2) is 8.97. The monoisotopic (exact) mass is 421 g/mol. The molecule has 26 heavy (non-hydrogen) atoms. The number of carbonyl (C=O) groups excluding carboxylic acids is 1. The van der Waals surface area contributed by atoms with E-state index >= 15 is 0 Å². The fourth-order valence-corrected chi connectivity index (χ4v) is 2.64. The molecule has 0 aliphatic carbocycles. The Bertz CT molecular complexity index is 837. The third kappa shape index (κ3) is 5.04. The highest BCUT2D eigenvalue weighted by Gasteiger charge is 2.12. The molecule has 0 fully saturated rings. The zero-order valence-electron chi connectivity index (χ0n) is 13.8. The SMILES string of the molecule is COc1cc(/C=C/C(=O)NN)cc(Br)c1OCc1ccc([N+](=O)[O-])cc1. The van der Waals surface area contributed by atoms with E-state index in [0.29, 0.717) is 21.5 Å². The first-order valence-corrected chi connectivity index (χ1v) is 8.16. The van der Waals surface area contributed by atoms with E-state index in [4.69, 9.17) is 15.3 Å². The lowest BCUT2D eigenvalue weighted by Gasteiger charge is -2.13. The van der Waals surface area contributed by atoms with Crippen molar-refractivity contribution >= 4 is 33.6 Å². The highest BCUT2D eigenvalue weighted by atomic mass is 79.9. The number of hydrazine groups is 1. The number of nitrogens with zero attached hydrogens (tertiary/aromatic N) is 1. The lowest BCUT2D eigenvalue weighted by molar-refractivity contribution is -0.384. The number of nitro benzene ring substituents is 1. The number of amides is 1.